The molecule has 0 saturated heterocycles. The molecule has 7 nitrogen and oxygen atoms in total. The monoisotopic (exact) mass is 629 g/mol. The molecule has 6 aromatic carbocycles. The number of aromatic nitrogens is 3. The van der Waals surface area contributed by atoms with E-state index in [-0.39, 0.29) is 0 Å². The van der Waals surface area contributed by atoms with Crippen molar-refractivity contribution in [1.82, 2.24) is 15.0 Å². The number of benzene rings is 6. The third-order valence-electron chi connectivity index (χ3n) is 8.32. The normalized spacial score (nSPS) is 11.9. The Labute approximate surface area is 268 Å². The van der Waals surface area contributed by atoms with Crippen molar-refractivity contribution in [2.45, 2.75) is 0 Å². The largest absolute Gasteiger partial charge is 0.436 e. The summed E-state index contributed by atoms with van der Waals surface area (Å²) in [6, 6.07) is 45.8. The fourth-order valence-corrected chi connectivity index (χ4v) is 8.48. The highest BCUT2D eigenvalue weighted by Crippen LogP contribution is 2.43. The van der Waals surface area contributed by atoms with E-state index in [2.05, 4.69) is 15.0 Å². The molecule has 0 fully saturated rings. The van der Waals surface area contributed by atoms with Gasteiger partial charge < -0.3 is 17.8 Å². The summed E-state index contributed by atoms with van der Waals surface area (Å²) in [6.45, 7) is 0. The molecular weight excluding hydrogens is 605 g/mol. The molecule has 3 heterocycles. The minimum absolute atomic E-state index is 0.512. The number of nitrogens with zero attached hydrogens (tertiary/aromatic N) is 3. The van der Waals surface area contributed by atoms with Gasteiger partial charge in [0.1, 0.15) is 16.6 Å². The van der Waals surface area contributed by atoms with E-state index in [0.29, 0.717) is 33.6 Å². The lowest BCUT2D eigenvalue weighted by Gasteiger charge is -2.20. The van der Waals surface area contributed by atoms with Crippen LogP contribution in [0.4, 0.5) is 0 Å². The summed E-state index contributed by atoms with van der Waals surface area (Å²) in [5.41, 5.74) is 6.92. The quantitative estimate of drug-likeness (QED) is 0.170. The fraction of sp³-hybridized carbons (Fsp3) is 0. The molecule has 0 spiro atoms. The molecule has 0 amide bonds. The second-order valence-electron chi connectivity index (χ2n) is 11.2. The molecule has 0 atom stereocenters. The molecule has 224 valence electrons. The Morgan fingerprint density at radius 2 is 0.638 bits per heavy atom. The van der Waals surface area contributed by atoms with Gasteiger partial charge in [-0.25, -0.2) is 15.0 Å². The molecular formula is C39H24N3O4P. The van der Waals surface area contributed by atoms with Crippen molar-refractivity contribution in [1.29, 1.82) is 0 Å². The summed E-state index contributed by atoms with van der Waals surface area (Å²) in [5.74, 6) is 1.54. The lowest BCUT2D eigenvalue weighted by atomic mass is 10.2. The van der Waals surface area contributed by atoms with Crippen molar-refractivity contribution < 1.29 is 17.8 Å². The van der Waals surface area contributed by atoms with Crippen LogP contribution in [0.15, 0.2) is 159 Å². The lowest BCUT2D eigenvalue weighted by Crippen LogP contribution is -2.25. The van der Waals surface area contributed by atoms with Crippen molar-refractivity contribution in [3.05, 3.63) is 146 Å². The molecule has 9 rings (SSSR count). The molecule has 0 aliphatic heterocycles. The predicted molar refractivity (Wildman–Crippen MR) is 185 cm³/mol. The summed E-state index contributed by atoms with van der Waals surface area (Å²) in [4.78, 5) is 13.9. The van der Waals surface area contributed by atoms with Crippen molar-refractivity contribution >= 4 is 56.4 Å². The molecule has 3 aromatic heterocycles. The van der Waals surface area contributed by atoms with Crippen LogP contribution in [0.2, 0.25) is 0 Å². The zero-order valence-electron chi connectivity index (χ0n) is 24.8. The van der Waals surface area contributed by atoms with Crippen LogP contribution < -0.4 is 15.9 Å². The van der Waals surface area contributed by atoms with Gasteiger partial charge in [-0.2, -0.15) is 0 Å². The molecule has 8 heteroatoms. The van der Waals surface area contributed by atoms with E-state index in [4.69, 9.17) is 13.3 Å². The first-order valence-corrected chi connectivity index (χ1v) is 16.8. The maximum absolute atomic E-state index is 15.5. The first-order chi connectivity index (χ1) is 23.1. The van der Waals surface area contributed by atoms with Crippen molar-refractivity contribution in [3.8, 4) is 34.4 Å². The van der Waals surface area contributed by atoms with Gasteiger partial charge in [0.2, 0.25) is 17.7 Å². The fourth-order valence-electron chi connectivity index (χ4n) is 5.88. The minimum atomic E-state index is -3.35. The van der Waals surface area contributed by atoms with Crippen LogP contribution in [0.25, 0.3) is 67.7 Å². The van der Waals surface area contributed by atoms with E-state index < -0.39 is 7.14 Å². The van der Waals surface area contributed by atoms with Gasteiger partial charge >= 0.3 is 0 Å². The van der Waals surface area contributed by atoms with Crippen LogP contribution in [0, 0.1) is 0 Å². The topological polar surface area (TPSA) is 95.2 Å². The van der Waals surface area contributed by atoms with Crippen LogP contribution in [0.5, 0.6) is 0 Å². The zero-order chi connectivity index (χ0) is 31.4. The number of oxazole rings is 3. The second-order valence-corrected chi connectivity index (χ2v) is 14.0. The molecule has 0 saturated carbocycles. The Bertz CT molecular complexity index is 2210. The molecule has 0 radical (unpaired) electrons. The van der Waals surface area contributed by atoms with Gasteiger partial charge in [-0.1, -0.05) is 72.8 Å². The zero-order valence-corrected chi connectivity index (χ0v) is 25.7. The Hall–Kier alpha value is -6.04. The summed E-state index contributed by atoms with van der Waals surface area (Å²) in [6.07, 6.45) is 0. The van der Waals surface area contributed by atoms with E-state index in [1.165, 1.54) is 0 Å². The van der Waals surface area contributed by atoms with Crippen LogP contribution in [-0.2, 0) is 4.57 Å². The van der Waals surface area contributed by atoms with Gasteiger partial charge in [-0.05, 0) is 72.8 Å². The third kappa shape index (κ3) is 4.68. The molecule has 0 unspecified atom stereocenters. The summed E-state index contributed by atoms with van der Waals surface area (Å²) >= 11 is 0. The van der Waals surface area contributed by atoms with Gasteiger partial charge in [0.25, 0.3) is 0 Å². The average Bonchev–Trinajstić information content (AvgIpc) is 3.88. The van der Waals surface area contributed by atoms with Crippen LogP contribution >= 0.6 is 7.14 Å². The summed E-state index contributed by atoms with van der Waals surface area (Å²) < 4.78 is 33.4. The van der Waals surface area contributed by atoms with E-state index in [1.807, 2.05) is 146 Å². The Morgan fingerprint density at radius 1 is 0.362 bits per heavy atom. The molecule has 9 aromatic rings. The van der Waals surface area contributed by atoms with Crippen molar-refractivity contribution in [2.24, 2.45) is 0 Å². The number of para-hydroxylation sites is 6. The average molecular weight is 630 g/mol. The Balaban J connectivity index is 1.12. The van der Waals surface area contributed by atoms with Crippen molar-refractivity contribution in [3.63, 3.8) is 0 Å². The first kappa shape index (κ1) is 27.3. The highest BCUT2D eigenvalue weighted by molar-refractivity contribution is 7.85. The number of fused-ring (bicyclic) bond motifs is 3. The number of hydrogen-bond donors (Lipinski definition) is 0. The molecule has 0 N–H and O–H groups in total. The van der Waals surface area contributed by atoms with Gasteiger partial charge in [-0.3, -0.25) is 0 Å². The smallest absolute Gasteiger partial charge is 0.227 e. The minimum Gasteiger partial charge on any atom is -0.436 e. The molecule has 0 aliphatic carbocycles. The van der Waals surface area contributed by atoms with Crippen molar-refractivity contribution in [2.75, 3.05) is 0 Å². The van der Waals surface area contributed by atoms with Crippen LogP contribution in [0.1, 0.15) is 0 Å². The van der Waals surface area contributed by atoms with Crippen LogP contribution in [0.3, 0.4) is 0 Å². The predicted octanol–water partition coefficient (Wildman–Crippen LogP) is 8.75. The standard InChI is InChI=1S/C39H24N3O4P/c43-47(28-19-13-25(14-20-28)37-40-31-7-1-4-10-34(31)44-37,29-21-15-26(16-22-29)38-41-32-8-2-5-11-35(32)45-38)30-23-17-27(18-24-30)39-42-33-9-3-6-12-36(33)46-39/h1-24H. The SMILES string of the molecule is O=P(c1ccc(-c2nc3ccccc3o2)cc1)(c1ccc(-c2nc3ccccc3o2)cc1)c1ccc(-c2nc3ccccc3o2)cc1. The molecule has 0 aliphatic rings. The van der Waals surface area contributed by atoms with E-state index >= 15 is 4.57 Å². The second kappa shape index (κ2) is 10.8. The van der Waals surface area contributed by atoms with Gasteiger partial charge in [0.15, 0.2) is 23.9 Å². The first-order valence-electron chi connectivity index (χ1n) is 15.1. The Kier molecular flexibility index (Phi) is 6.27. The maximum Gasteiger partial charge on any atom is 0.227 e. The lowest BCUT2D eigenvalue weighted by molar-refractivity contribution is 0.592. The van der Waals surface area contributed by atoms with E-state index in [1.54, 1.807) is 0 Å². The third-order valence-corrected chi connectivity index (χ3v) is 11.4. The highest BCUT2D eigenvalue weighted by Gasteiger charge is 2.30. The van der Waals surface area contributed by atoms with Crippen LogP contribution in [-0.4, -0.2) is 15.0 Å². The van der Waals surface area contributed by atoms with Gasteiger partial charge in [0.05, 0.1) is 0 Å². The van der Waals surface area contributed by atoms with Gasteiger partial charge in [0, 0.05) is 32.6 Å². The van der Waals surface area contributed by atoms with E-state index in [9.17, 15) is 0 Å². The summed E-state index contributed by atoms with van der Waals surface area (Å²) in [7, 11) is -3.35. The number of rotatable bonds is 6. The Morgan fingerprint density at radius 3 is 0.915 bits per heavy atom. The van der Waals surface area contributed by atoms with Gasteiger partial charge in [-0.15, -0.1) is 0 Å². The summed E-state index contributed by atoms with van der Waals surface area (Å²) in [5, 5.41) is 2.05. The van der Waals surface area contributed by atoms with E-state index in [0.717, 1.165) is 50.0 Å². The number of hydrogen-bond acceptors (Lipinski definition) is 7. The highest BCUT2D eigenvalue weighted by atomic mass is 31.2. The molecule has 47 heavy (non-hydrogen) atoms. The molecule has 0 bridgehead atoms. The maximum atomic E-state index is 15.5.